The van der Waals surface area contributed by atoms with Crippen molar-refractivity contribution in [2.24, 2.45) is 5.73 Å². The zero-order valence-corrected chi connectivity index (χ0v) is 13.6. The minimum Gasteiger partial charge on any atom is -0.323 e. The number of hydrogen-bond donors (Lipinski definition) is 1. The van der Waals surface area contributed by atoms with E-state index in [9.17, 15) is 4.21 Å². The molecule has 0 aliphatic carbocycles. The van der Waals surface area contributed by atoms with Gasteiger partial charge in [-0.25, -0.2) is 0 Å². The van der Waals surface area contributed by atoms with E-state index in [2.05, 4.69) is 0 Å². The van der Waals surface area contributed by atoms with Crippen molar-refractivity contribution in [3.63, 3.8) is 0 Å². The maximum absolute atomic E-state index is 12.6. The van der Waals surface area contributed by atoms with Crippen LogP contribution in [0.2, 0.25) is 5.02 Å². The van der Waals surface area contributed by atoms with E-state index in [1.54, 1.807) is 0 Å². The molecule has 2 nitrogen and oxygen atoms in total. The van der Waals surface area contributed by atoms with Crippen LogP contribution in [-0.4, -0.2) is 9.46 Å². The molecule has 0 heterocycles. The average molecular weight is 322 g/mol. The second-order valence-electron chi connectivity index (χ2n) is 5.03. The Morgan fingerprint density at radius 1 is 1.10 bits per heavy atom. The van der Waals surface area contributed by atoms with Gasteiger partial charge in [0.25, 0.3) is 0 Å². The summed E-state index contributed by atoms with van der Waals surface area (Å²) >= 11 is 5.87. The quantitative estimate of drug-likeness (QED) is 0.871. The standard InChI is InChI=1S/C17H20ClNOS/c1-2-16(17(19)14-6-4-3-5-7-14)21(20)12-13-8-10-15(18)11-9-13/h3-11,16-17H,2,12,19H2,1H3. The number of nitrogens with two attached hydrogens (primary N) is 1. The van der Waals surface area contributed by atoms with Crippen LogP contribution in [0.3, 0.4) is 0 Å². The topological polar surface area (TPSA) is 43.1 Å². The molecule has 0 aliphatic rings. The van der Waals surface area contributed by atoms with Gasteiger partial charge < -0.3 is 5.73 Å². The lowest BCUT2D eigenvalue weighted by atomic mass is 10.0. The predicted molar refractivity (Wildman–Crippen MR) is 90.7 cm³/mol. The fourth-order valence-electron chi connectivity index (χ4n) is 2.35. The van der Waals surface area contributed by atoms with Gasteiger partial charge in [-0.1, -0.05) is 61.0 Å². The SMILES string of the molecule is CCC(C(N)c1ccccc1)S(=O)Cc1ccc(Cl)cc1. The van der Waals surface area contributed by atoms with Crippen molar-refractivity contribution < 1.29 is 4.21 Å². The van der Waals surface area contributed by atoms with Crippen LogP contribution in [-0.2, 0) is 16.6 Å². The van der Waals surface area contributed by atoms with Crippen molar-refractivity contribution in [3.05, 3.63) is 70.7 Å². The summed E-state index contributed by atoms with van der Waals surface area (Å²) in [5.74, 6) is 0.510. The van der Waals surface area contributed by atoms with Crippen LogP contribution >= 0.6 is 11.6 Å². The second-order valence-corrected chi connectivity index (χ2v) is 7.13. The van der Waals surface area contributed by atoms with E-state index in [1.807, 2.05) is 61.5 Å². The van der Waals surface area contributed by atoms with Gasteiger partial charge in [0.05, 0.1) is 5.25 Å². The fraction of sp³-hybridized carbons (Fsp3) is 0.294. The molecule has 3 unspecified atom stereocenters. The molecule has 0 aromatic heterocycles. The lowest BCUT2D eigenvalue weighted by Gasteiger charge is -2.22. The van der Waals surface area contributed by atoms with E-state index in [0.717, 1.165) is 17.5 Å². The molecule has 21 heavy (non-hydrogen) atoms. The van der Waals surface area contributed by atoms with E-state index in [0.29, 0.717) is 10.8 Å². The van der Waals surface area contributed by atoms with Gasteiger partial charge in [0, 0.05) is 27.6 Å². The molecular formula is C17H20ClNOS. The van der Waals surface area contributed by atoms with Crippen LogP contribution in [0.25, 0.3) is 0 Å². The van der Waals surface area contributed by atoms with Gasteiger partial charge in [-0.15, -0.1) is 0 Å². The first-order valence-corrected chi connectivity index (χ1v) is 8.80. The molecular weight excluding hydrogens is 302 g/mol. The summed E-state index contributed by atoms with van der Waals surface area (Å²) in [6.07, 6.45) is 0.788. The Morgan fingerprint density at radius 2 is 1.71 bits per heavy atom. The van der Waals surface area contributed by atoms with E-state index >= 15 is 0 Å². The Bertz CT molecular complexity index is 585. The van der Waals surface area contributed by atoms with Crippen molar-refractivity contribution in [2.75, 3.05) is 0 Å². The molecule has 0 radical (unpaired) electrons. The average Bonchev–Trinajstić information content (AvgIpc) is 2.51. The highest BCUT2D eigenvalue weighted by molar-refractivity contribution is 7.84. The van der Waals surface area contributed by atoms with Crippen molar-refractivity contribution in [2.45, 2.75) is 30.4 Å². The molecule has 0 fully saturated rings. The third kappa shape index (κ3) is 4.40. The van der Waals surface area contributed by atoms with Crippen LogP contribution in [0.4, 0.5) is 0 Å². The summed E-state index contributed by atoms with van der Waals surface area (Å²) in [5.41, 5.74) is 8.37. The molecule has 2 aromatic carbocycles. The van der Waals surface area contributed by atoms with Gasteiger partial charge in [0.15, 0.2) is 0 Å². The van der Waals surface area contributed by atoms with Crippen LogP contribution < -0.4 is 5.73 Å². The summed E-state index contributed by atoms with van der Waals surface area (Å²) < 4.78 is 12.6. The summed E-state index contributed by atoms with van der Waals surface area (Å²) in [7, 11) is -1.01. The molecule has 0 aliphatic heterocycles. The first kappa shape index (κ1) is 16.2. The van der Waals surface area contributed by atoms with E-state index < -0.39 is 10.8 Å². The summed E-state index contributed by atoms with van der Waals surface area (Å²) in [6, 6.07) is 17.2. The van der Waals surface area contributed by atoms with Crippen LogP contribution in [0.15, 0.2) is 54.6 Å². The Labute approximate surface area is 133 Å². The van der Waals surface area contributed by atoms with Crippen molar-refractivity contribution >= 4 is 22.4 Å². The summed E-state index contributed by atoms with van der Waals surface area (Å²) in [4.78, 5) is 0. The maximum Gasteiger partial charge on any atom is 0.0541 e. The smallest absolute Gasteiger partial charge is 0.0541 e. The molecule has 0 bridgehead atoms. The minimum absolute atomic E-state index is 0.0527. The van der Waals surface area contributed by atoms with Crippen molar-refractivity contribution in [1.82, 2.24) is 0 Å². The third-order valence-corrected chi connectivity index (χ3v) is 5.72. The Balaban J connectivity index is 2.09. The molecule has 3 atom stereocenters. The van der Waals surface area contributed by atoms with Gasteiger partial charge in [0.2, 0.25) is 0 Å². The molecule has 0 spiro atoms. The number of benzene rings is 2. The van der Waals surface area contributed by atoms with Gasteiger partial charge in [-0.05, 0) is 29.7 Å². The highest BCUT2D eigenvalue weighted by atomic mass is 35.5. The first-order chi connectivity index (χ1) is 10.1. The van der Waals surface area contributed by atoms with Gasteiger partial charge in [0.1, 0.15) is 0 Å². The Hall–Kier alpha value is -1.16. The first-order valence-electron chi connectivity index (χ1n) is 7.04. The Morgan fingerprint density at radius 3 is 2.29 bits per heavy atom. The van der Waals surface area contributed by atoms with Gasteiger partial charge >= 0.3 is 0 Å². The molecule has 0 saturated heterocycles. The molecule has 112 valence electrons. The Kier molecular flexibility index (Phi) is 5.97. The second kappa shape index (κ2) is 7.74. The van der Waals surface area contributed by atoms with Gasteiger partial charge in [-0.3, -0.25) is 4.21 Å². The van der Waals surface area contributed by atoms with E-state index in [-0.39, 0.29) is 11.3 Å². The minimum atomic E-state index is -1.01. The zero-order chi connectivity index (χ0) is 15.2. The highest BCUT2D eigenvalue weighted by Gasteiger charge is 2.23. The lowest BCUT2D eigenvalue weighted by Crippen LogP contribution is -2.30. The number of hydrogen-bond acceptors (Lipinski definition) is 2. The maximum atomic E-state index is 12.6. The molecule has 4 heteroatoms. The van der Waals surface area contributed by atoms with Crippen LogP contribution in [0.5, 0.6) is 0 Å². The summed E-state index contributed by atoms with van der Waals surface area (Å²) in [5, 5.41) is 0.639. The van der Waals surface area contributed by atoms with Crippen LogP contribution in [0.1, 0.15) is 30.5 Å². The largest absolute Gasteiger partial charge is 0.323 e. The normalized spacial score (nSPS) is 15.4. The van der Waals surface area contributed by atoms with Gasteiger partial charge in [-0.2, -0.15) is 0 Å². The predicted octanol–water partition coefficient (Wildman–Crippen LogP) is 4.07. The molecule has 0 saturated carbocycles. The molecule has 2 aromatic rings. The summed E-state index contributed by atoms with van der Waals surface area (Å²) in [6.45, 7) is 2.03. The third-order valence-electron chi connectivity index (χ3n) is 3.55. The lowest BCUT2D eigenvalue weighted by molar-refractivity contribution is 0.611. The van der Waals surface area contributed by atoms with Crippen LogP contribution in [0, 0.1) is 0 Å². The monoisotopic (exact) mass is 321 g/mol. The molecule has 2 N–H and O–H groups in total. The molecule has 0 amide bonds. The number of rotatable bonds is 6. The van der Waals surface area contributed by atoms with Crippen molar-refractivity contribution in [1.29, 1.82) is 0 Å². The van der Waals surface area contributed by atoms with E-state index in [4.69, 9.17) is 17.3 Å². The fourth-order valence-corrected chi connectivity index (χ4v) is 4.06. The van der Waals surface area contributed by atoms with E-state index in [1.165, 1.54) is 0 Å². The zero-order valence-electron chi connectivity index (χ0n) is 12.0. The van der Waals surface area contributed by atoms with Crippen molar-refractivity contribution in [3.8, 4) is 0 Å². The number of halogens is 1. The highest BCUT2D eigenvalue weighted by Crippen LogP contribution is 2.23. The molecule has 2 rings (SSSR count).